The fourth-order valence-electron chi connectivity index (χ4n) is 3.24. The van der Waals surface area contributed by atoms with Gasteiger partial charge >= 0.3 is 5.97 Å². The van der Waals surface area contributed by atoms with Crippen molar-refractivity contribution in [3.8, 4) is 11.1 Å². The van der Waals surface area contributed by atoms with E-state index >= 15 is 0 Å². The first-order valence-corrected chi connectivity index (χ1v) is 9.15. The van der Waals surface area contributed by atoms with E-state index in [0.29, 0.717) is 10.6 Å². The van der Waals surface area contributed by atoms with Gasteiger partial charge in [-0.15, -0.1) is 0 Å². The van der Waals surface area contributed by atoms with E-state index in [0.717, 1.165) is 17.5 Å². The summed E-state index contributed by atoms with van der Waals surface area (Å²) in [6.45, 7) is -0.359. The average molecular weight is 397 g/mol. The lowest BCUT2D eigenvalue weighted by Gasteiger charge is -2.08. The molecule has 0 aromatic heterocycles. The van der Waals surface area contributed by atoms with Gasteiger partial charge in [-0.1, -0.05) is 59.6 Å². The molecule has 0 unspecified atom stereocenters. The summed E-state index contributed by atoms with van der Waals surface area (Å²) in [5.74, 6) is -0.948. The highest BCUT2D eigenvalue weighted by Gasteiger charge is 2.20. The van der Waals surface area contributed by atoms with E-state index in [9.17, 15) is 9.59 Å². The largest absolute Gasteiger partial charge is 0.454 e. The van der Waals surface area contributed by atoms with E-state index in [4.69, 9.17) is 27.9 Å². The van der Waals surface area contributed by atoms with Gasteiger partial charge in [-0.25, -0.2) is 4.79 Å². The fourth-order valence-corrected chi connectivity index (χ4v) is 3.61. The number of esters is 1. The summed E-state index contributed by atoms with van der Waals surface area (Å²) in [5, 5.41) is 0.598. The van der Waals surface area contributed by atoms with Gasteiger partial charge in [0.15, 0.2) is 12.4 Å². The van der Waals surface area contributed by atoms with Gasteiger partial charge in [0.2, 0.25) is 0 Å². The maximum Gasteiger partial charge on any atom is 0.340 e. The molecule has 1 aliphatic rings. The van der Waals surface area contributed by atoms with E-state index in [2.05, 4.69) is 12.1 Å². The summed E-state index contributed by atoms with van der Waals surface area (Å²) in [5.41, 5.74) is 5.29. The van der Waals surface area contributed by atoms with Crippen molar-refractivity contribution in [2.45, 2.75) is 6.42 Å². The molecule has 0 spiro atoms. The highest BCUT2D eigenvalue weighted by Crippen LogP contribution is 2.36. The zero-order valence-corrected chi connectivity index (χ0v) is 15.7. The number of hydrogen-bond acceptors (Lipinski definition) is 3. The third-order valence-corrected chi connectivity index (χ3v) is 5.17. The molecule has 0 fully saturated rings. The minimum atomic E-state index is -0.678. The van der Waals surface area contributed by atoms with E-state index in [1.54, 1.807) is 12.1 Å². The van der Waals surface area contributed by atoms with E-state index in [1.807, 2.05) is 24.3 Å². The van der Waals surface area contributed by atoms with Crippen molar-refractivity contribution in [1.29, 1.82) is 0 Å². The molecule has 3 nitrogen and oxygen atoms in total. The highest BCUT2D eigenvalue weighted by atomic mass is 35.5. The first-order chi connectivity index (χ1) is 13.0. The molecule has 1 aliphatic carbocycles. The number of ketones is 1. The van der Waals surface area contributed by atoms with Gasteiger partial charge in [0.05, 0.1) is 10.6 Å². The maximum absolute atomic E-state index is 12.5. The van der Waals surface area contributed by atoms with Gasteiger partial charge in [-0.3, -0.25) is 4.79 Å². The second-order valence-electron chi connectivity index (χ2n) is 6.33. The second kappa shape index (κ2) is 7.18. The quantitative estimate of drug-likeness (QED) is 0.332. The Morgan fingerprint density at radius 2 is 1.67 bits per heavy atom. The predicted octanol–water partition coefficient (Wildman–Crippen LogP) is 5.60. The third-order valence-electron chi connectivity index (χ3n) is 4.60. The Balaban J connectivity index is 1.50. The normalized spacial score (nSPS) is 11.6. The van der Waals surface area contributed by atoms with Crippen molar-refractivity contribution in [3.05, 3.63) is 93.0 Å². The monoisotopic (exact) mass is 396 g/mol. The zero-order chi connectivity index (χ0) is 19.0. The van der Waals surface area contributed by atoms with Crippen molar-refractivity contribution < 1.29 is 14.3 Å². The van der Waals surface area contributed by atoms with Crippen LogP contribution in [0, 0.1) is 0 Å². The Kier molecular flexibility index (Phi) is 4.73. The topological polar surface area (TPSA) is 43.4 Å². The molecular weight excluding hydrogens is 383 g/mol. The summed E-state index contributed by atoms with van der Waals surface area (Å²) in [6.07, 6.45) is 0.863. The molecular formula is C22H14Cl2O3. The summed E-state index contributed by atoms with van der Waals surface area (Å²) in [4.78, 5) is 24.7. The minimum Gasteiger partial charge on any atom is -0.454 e. The number of carbonyl (C=O) groups is 2. The highest BCUT2D eigenvalue weighted by molar-refractivity contribution is 6.35. The number of ether oxygens (including phenoxy) is 1. The van der Waals surface area contributed by atoms with Crippen LogP contribution in [-0.4, -0.2) is 18.4 Å². The van der Waals surface area contributed by atoms with Crippen molar-refractivity contribution in [2.24, 2.45) is 0 Å². The molecule has 0 saturated carbocycles. The van der Waals surface area contributed by atoms with E-state index < -0.39 is 5.97 Å². The Bertz CT molecular complexity index is 1070. The molecule has 3 aromatic carbocycles. The Labute approximate surface area is 166 Å². The second-order valence-corrected chi connectivity index (χ2v) is 7.17. The van der Waals surface area contributed by atoms with Crippen LogP contribution >= 0.6 is 23.2 Å². The van der Waals surface area contributed by atoms with Crippen molar-refractivity contribution in [3.63, 3.8) is 0 Å². The molecule has 134 valence electrons. The number of Topliss-reactive ketones (excluding diaryl/α,β-unsaturated/α-hetero) is 1. The number of hydrogen-bond donors (Lipinski definition) is 0. The van der Waals surface area contributed by atoms with Crippen LogP contribution in [0.2, 0.25) is 10.0 Å². The molecule has 0 amide bonds. The molecule has 0 radical (unpaired) electrons. The lowest BCUT2D eigenvalue weighted by molar-refractivity contribution is 0.0475. The standard InChI is InChI=1S/C22H14Cl2O3/c23-16-7-8-20(24)19(11-16)22(26)27-12-21(25)15-6-5-14-9-13-3-1-2-4-17(13)18(14)10-15/h1-8,10-11H,9,12H2. The van der Waals surface area contributed by atoms with E-state index in [1.165, 1.54) is 23.3 Å². The zero-order valence-electron chi connectivity index (χ0n) is 14.2. The van der Waals surface area contributed by atoms with Crippen LogP contribution in [0.3, 0.4) is 0 Å². The first-order valence-electron chi connectivity index (χ1n) is 8.39. The maximum atomic E-state index is 12.5. The Hall–Kier alpha value is -2.62. The van der Waals surface area contributed by atoms with Gasteiger partial charge < -0.3 is 4.74 Å². The minimum absolute atomic E-state index is 0.139. The predicted molar refractivity (Wildman–Crippen MR) is 106 cm³/mol. The summed E-state index contributed by atoms with van der Waals surface area (Å²) in [6, 6.07) is 18.2. The molecule has 4 rings (SSSR count). The Morgan fingerprint density at radius 3 is 2.52 bits per heavy atom. The molecule has 0 atom stereocenters. The van der Waals surface area contributed by atoms with Crippen LogP contribution in [0.5, 0.6) is 0 Å². The fraction of sp³-hybridized carbons (Fsp3) is 0.0909. The number of carbonyl (C=O) groups excluding carboxylic acids is 2. The van der Waals surface area contributed by atoms with E-state index in [-0.39, 0.29) is 23.0 Å². The van der Waals surface area contributed by atoms with Crippen LogP contribution in [0.4, 0.5) is 0 Å². The van der Waals surface area contributed by atoms with Crippen LogP contribution < -0.4 is 0 Å². The summed E-state index contributed by atoms with van der Waals surface area (Å²) >= 11 is 11.9. The average Bonchev–Trinajstić information content (AvgIpc) is 3.05. The summed E-state index contributed by atoms with van der Waals surface area (Å²) in [7, 11) is 0. The number of benzene rings is 3. The molecule has 0 bridgehead atoms. The SMILES string of the molecule is O=C(COC(=O)c1cc(Cl)ccc1Cl)c1ccc2c(c1)-c1ccccc1C2. The van der Waals surface area contributed by atoms with Gasteiger partial charge in [-0.2, -0.15) is 0 Å². The lowest BCUT2D eigenvalue weighted by atomic mass is 10.0. The molecule has 0 saturated heterocycles. The molecule has 3 aromatic rings. The van der Waals surface area contributed by atoms with Crippen LogP contribution in [-0.2, 0) is 11.2 Å². The van der Waals surface area contributed by atoms with Gasteiger partial charge in [0.25, 0.3) is 0 Å². The summed E-state index contributed by atoms with van der Waals surface area (Å²) < 4.78 is 5.14. The number of rotatable bonds is 4. The van der Waals surface area contributed by atoms with Crippen molar-refractivity contribution in [1.82, 2.24) is 0 Å². The first kappa shape index (κ1) is 17.8. The van der Waals surface area contributed by atoms with Crippen LogP contribution in [0.1, 0.15) is 31.8 Å². The lowest BCUT2D eigenvalue weighted by Crippen LogP contribution is -2.14. The molecule has 0 aliphatic heterocycles. The molecule has 27 heavy (non-hydrogen) atoms. The third kappa shape index (κ3) is 3.48. The van der Waals surface area contributed by atoms with Crippen LogP contribution in [0.15, 0.2) is 60.7 Å². The van der Waals surface area contributed by atoms with Gasteiger partial charge in [0.1, 0.15) is 0 Å². The van der Waals surface area contributed by atoms with Crippen molar-refractivity contribution >= 4 is 35.0 Å². The molecule has 0 N–H and O–H groups in total. The Morgan fingerprint density at radius 1 is 0.889 bits per heavy atom. The number of fused-ring (bicyclic) bond motifs is 3. The molecule has 5 heteroatoms. The number of halogens is 2. The van der Waals surface area contributed by atoms with Gasteiger partial charge in [-0.05, 0) is 52.9 Å². The van der Waals surface area contributed by atoms with Crippen molar-refractivity contribution in [2.75, 3.05) is 6.61 Å². The van der Waals surface area contributed by atoms with Crippen LogP contribution in [0.25, 0.3) is 11.1 Å². The molecule has 0 heterocycles. The van der Waals surface area contributed by atoms with Gasteiger partial charge in [0, 0.05) is 10.6 Å². The smallest absolute Gasteiger partial charge is 0.340 e.